The van der Waals surface area contributed by atoms with Crippen molar-refractivity contribution in [3.05, 3.63) is 59.7 Å². The fourth-order valence-electron chi connectivity index (χ4n) is 3.51. The molecule has 0 saturated heterocycles. The zero-order chi connectivity index (χ0) is 13.4. The van der Waals surface area contributed by atoms with Crippen LogP contribution in [0, 0.1) is 0 Å². The normalized spacial score (nSPS) is 23.6. The van der Waals surface area contributed by atoms with Gasteiger partial charge < -0.3 is 5.32 Å². The summed E-state index contributed by atoms with van der Waals surface area (Å²) in [7, 11) is 0. The lowest BCUT2D eigenvalue weighted by Crippen LogP contribution is -2.38. The predicted molar refractivity (Wildman–Crippen MR) is 83.1 cm³/mol. The van der Waals surface area contributed by atoms with E-state index in [-0.39, 0.29) is 5.54 Å². The summed E-state index contributed by atoms with van der Waals surface area (Å²) in [4.78, 5) is 4.69. The molecular weight excluding hydrogens is 244 g/mol. The first kappa shape index (κ1) is 11.7. The Morgan fingerprint density at radius 2 is 1.90 bits per heavy atom. The van der Waals surface area contributed by atoms with Gasteiger partial charge in [-0.25, -0.2) is 0 Å². The number of hydrogen-bond acceptors (Lipinski definition) is 2. The predicted octanol–water partition coefficient (Wildman–Crippen LogP) is 3.21. The third-order valence-electron chi connectivity index (χ3n) is 4.58. The van der Waals surface area contributed by atoms with E-state index in [4.69, 9.17) is 4.99 Å². The summed E-state index contributed by atoms with van der Waals surface area (Å²) in [6.45, 7) is 0.988. The molecule has 0 aromatic heterocycles. The molecule has 100 valence electrons. The second kappa shape index (κ2) is 4.48. The van der Waals surface area contributed by atoms with Crippen LogP contribution in [0.5, 0.6) is 0 Å². The Morgan fingerprint density at radius 3 is 2.70 bits per heavy atom. The van der Waals surface area contributed by atoms with Gasteiger partial charge in [-0.1, -0.05) is 48.5 Å². The number of aliphatic imine (C=N–C) groups is 1. The summed E-state index contributed by atoms with van der Waals surface area (Å²) in [5.74, 6) is 0. The van der Waals surface area contributed by atoms with Gasteiger partial charge in [0.1, 0.15) is 0 Å². The van der Waals surface area contributed by atoms with Gasteiger partial charge in [0.25, 0.3) is 0 Å². The third kappa shape index (κ3) is 1.83. The fraction of sp³-hybridized carbons (Fsp3) is 0.278. The van der Waals surface area contributed by atoms with Crippen LogP contribution >= 0.6 is 0 Å². The van der Waals surface area contributed by atoms with Crippen LogP contribution in [-0.2, 0) is 12.8 Å². The van der Waals surface area contributed by atoms with Crippen molar-refractivity contribution in [2.45, 2.75) is 24.8 Å². The molecule has 0 bridgehead atoms. The van der Waals surface area contributed by atoms with Crippen LogP contribution < -0.4 is 5.32 Å². The van der Waals surface area contributed by atoms with E-state index in [1.165, 1.54) is 22.3 Å². The van der Waals surface area contributed by atoms with Gasteiger partial charge in [-0.2, -0.15) is 0 Å². The zero-order valence-electron chi connectivity index (χ0n) is 11.5. The maximum Gasteiger partial charge on any atom is 0.0840 e. The molecule has 1 heterocycles. The summed E-state index contributed by atoms with van der Waals surface area (Å²) >= 11 is 0. The van der Waals surface area contributed by atoms with Crippen molar-refractivity contribution in [2.75, 3.05) is 6.54 Å². The second-order valence-corrected chi connectivity index (χ2v) is 5.85. The minimum Gasteiger partial charge on any atom is -0.374 e. The van der Waals surface area contributed by atoms with Crippen LogP contribution in [0.15, 0.2) is 53.5 Å². The molecule has 1 N–H and O–H groups in total. The molecule has 0 amide bonds. The highest BCUT2D eigenvalue weighted by atomic mass is 15.1. The number of rotatable bonds is 1. The minimum absolute atomic E-state index is 0.113. The maximum atomic E-state index is 4.69. The highest BCUT2D eigenvalue weighted by Crippen LogP contribution is 2.37. The summed E-state index contributed by atoms with van der Waals surface area (Å²) in [5, 5.41) is 3.27. The monoisotopic (exact) mass is 262 g/mol. The molecule has 1 aliphatic heterocycles. The van der Waals surface area contributed by atoms with Crippen molar-refractivity contribution in [1.82, 2.24) is 5.32 Å². The summed E-state index contributed by atoms with van der Waals surface area (Å²) in [6.07, 6.45) is 5.21. The molecule has 0 radical (unpaired) electrons. The third-order valence-corrected chi connectivity index (χ3v) is 4.58. The molecule has 1 atom stereocenters. The lowest BCUT2D eigenvalue weighted by molar-refractivity contribution is 0.395. The number of hydrogen-bond donors (Lipinski definition) is 1. The van der Waals surface area contributed by atoms with Gasteiger partial charge in [0, 0.05) is 6.54 Å². The van der Waals surface area contributed by atoms with Gasteiger partial charge >= 0.3 is 0 Å². The van der Waals surface area contributed by atoms with Crippen LogP contribution in [0.1, 0.15) is 17.5 Å². The lowest BCUT2D eigenvalue weighted by Gasteiger charge is -2.32. The summed E-state index contributed by atoms with van der Waals surface area (Å²) < 4.78 is 0. The topological polar surface area (TPSA) is 24.4 Å². The number of nitrogens with one attached hydrogen (secondary N) is 1. The number of fused-ring (bicyclic) bond motifs is 1. The van der Waals surface area contributed by atoms with Gasteiger partial charge in [0.15, 0.2) is 0 Å². The molecule has 2 heteroatoms. The van der Waals surface area contributed by atoms with Crippen molar-refractivity contribution < 1.29 is 0 Å². The van der Waals surface area contributed by atoms with Crippen LogP contribution in [0.2, 0.25) is 0 Å². The Labute approximate surface area is 119 Å². The van der Waals surface area contributed by atoms with Gasteiger partial charge in [-0.05, 0) is 41.5 Å². The highest BCUT2D eigenvalue weighted by molar-refractivity contribution is 5.69. The Balaban J connectivity index is 1.77. The molecule has 2 aromatic carbocycles. The zero-order valence-corrected chi connectivity index (χ0v) is 11.5. The standard InChI is InChI=1S/C18H18N2/c1-2-5-14(6-3-1)16-8-4-7-15-11-18(10-9-17(15)16)12-19-13-20-18/h1-8,13H,9-12H2,(H,19,20). The van der Waals surface area contributed by atoms with Crippen LogP contribution in [0.25, 0.3) is 11.1 Å². The fourth-order valence-corrected chi connectivity index (χ4v) is 3.51. The molecule has 20 heavy (non-hydrogen) atoms. The SMILES string of the molecule is C1=NC2(CCc3c(cccc3-c3ccccc3)C2)CN1. The number of benzene rings is 2. The Kier molecular flexibility index (Phi) is 2.62. The Hall–Kier alpha value is -2.09. The molecule has 0 fully saturated rings. The van der Waals surface area contributed by atoms with E-state index in [0.717, 1.165) is 25.8 Å². The van der Waals surface area contributed by atoms with Gasteiger partial charge in [-0.15, -0.1) is 0 Å². The molecule has 2 nitrogen and oxygen atoms in total. The van der Waals surface area contributed by atoms with E-state index in [1.54, 1.807) is 0 Å². The smallest absolute Gasteiger partial charge is 0.0840 e. The molecule has 2 aromatic rings. The summed E-state index contributed by atoms with van der Waals surface area (Å²) in [6, 6.07) is 17.4. The largest absolute Gasteiger partial charge is 0.374 e. The van der Waals surface area contributed by atoms with Gasteiger partial charge in [0.2, 0.25) is 0 Å². The van der Waals surface area contributed by atoms with Crippen molar-refractivity contribution >= 4 is 6.34 Å². The van der Waals surface area contributed by atoms with E-state index in [2.05, 4.69) is 53.8 Å². The van der Waals surface area contributed by atoms with Crippen molar-refractivity contribution in [2.24, 2.45) is 4.99 Å². The first-order chi connectivity index (χ1) is 9.86. The maximum absolute atomic E-state index is 4.69. The molecular formula is C18H18N2. The average Bonchev–Trinajstić information content (AvgIpc) is 2.95. The molecule has 0 saturated carbocycles. The molecule has 4 rings (SSSR count). The van der Waals surface area contributed by atoms with Crippen LogP contribution in [0.3, 0.4) is 0 Å². The van der Waals surface area contributed by atoms with Crippen LogP contribution in [0.4, 0.5) is 0 Å². The van der Waals surface area contributed by atoms with Crippen LogP contribution in [-0.4, -0.2) is 18.4 Å². The van der Waals surface area contributed by atoms with Gasteiger partial charge in [-0.3, -0.25) is 4.99 Å². The Bertz CT molecular complexity index is 660. The lowest BCUT2D eigenvalue weighted by atomic mass is 9.76. The van der Waals surface area contributed by atoms with Crippen molar-refractivity contribution in [3.8, 4) is 11.1 Å². The molecule has 1 unspecified atom stereocenters. The molecule has 1 aliphatic carbocycles. The molecule has 1 spiro atoms. The quantitative estimate of drug-likeness (QED) is 0.838. The van der Waals surface area contributed by atoms with E-state index < -0.39 is 0 Å². The Morgan fingerprint density at radius 1 is 1.00 bits per heavy atom. The van der Waals surface area contributed by atoms with E-state index in [9.17, 15) is 0 Å². The van der Waals surface area contributed by atoms with Crippen molar-refractivity contribution in [3.63, 3.8) is 0 Å². The van der Waals surface area contributed by atoms with Crippen molar-refractivity contribution in [1.29, 1.82) is 0 Å². The van der Waals surface area contributed by atoms with E-state index >= 15 is 0 Å². The van der Waals surface area contributed by atoms with E-state index in [1.807, 2.05) is 6.34 Å². The summed E-state index contributed by atoms with van der Waals surface area (Å²) in [5.41, 5.74) is 5.83. The van der Waals surface area contributed by atoms with Gasteiger partial charge in [0.05, 0.1) is 11.9 Å². The minimum atomic E-state index is 0.113. The van der Waals surface area contributed by atoms with E-state index in [0.29, 0.717) is 0 Å². The first-order valence-corrected chi connectivity index (χ1v) is 7.30. The number of nitrogens with zero attached hydrogens (tertiary/aromatic N) is 1. The first-order valence-electron chi connectivity index (χ1n) is 7.30. The second-order valence-electron chi connectivity index (χ2n) is 5.85. The highest BCUT2D eigenvalue weighted by Gasteiger charge is 2.36. The average molecular weight is 262 g/mol. The molecule has 2 aliphatic rings.